The van der Waals surface area contributed by atoms with E-state index in [1.54, 1.807) is 24.3 Å². The monoisotopic (exact) mass is 308 g/mol. The molecule has 2 aromatic carbocycles. The summed E-state index contributed by atoms with van der Waals surface area (Å²) in [6, 6.07) is 13.5. The fraction of sp³-hybridized carbons (Fsp3) is 0.250. The van der Waals surface area contributed by atoms with E-state index in [0.717, 1.165) is 18.4 Å². The predicted molar refractivity (Wildman–Crippen MR) is 90.8 cm³/mol. The van der Waals surface area contributed by atoms with Crippen molar-refractivity contribution in [2.45, 2.75) is 25.2 Å². The molecule has 0 saturated carbocycles. The van der Waals surface area contributed by atoms with Crippen LogP contribution in [0.2, 0.25) is 0 Å². The molecule has 118 valence electrons. The normalized spacial score (nSPS) is 16.5. The minimum atomic E-state index is 0.0758. The third-order valence-corrected chi connectivity index (χ3v) is 4.37. The highest BCUT2D eigenvalue weighted by Crippen LogP contribution is 2.35. The highest BCUT2D eigenvalue weighted by Gasteiger charge is 2.23. The van der Waals surface area contributed by atoms with Gasteiger partial charge in [-0.15, -0.1) is 0 Å². The molecule has 0 saturated heterocycles. The summed E-state index contributed by atoms with van der Waals surface area (Å²) >= 11 is 0. The average Bonchev–Trinajstić information content (AvgIpc) is 2.96. The van der Waals surface area contributed by atoms with Gasteiger partial charge >= 0.3 is 0 Å². The van der Waals surface area contributed by atoms with Crippen molar-refractivity contribution in [1.82, 2.24) is 0 Å². The zero-order chi connectivity index (χ0) is 16.2. The van der Waals surface area contributed by atoms with Crippen molar-refractivity contribution in [2.24, 2.45) is 0 Å². The molecule has 3 rings (SSSR count). The average molecular weight is 308 g/mol. The van der Waals surface area contributed by atoms with Gasteiger partial charge in [0, 0.05) is 6.42 Å². The third-order valence-electron chi connectivity index (χ3n) is 4.37. The van der Waals surface area contributed by atoms with Gasteiger partial charge in [-0.3, -0.25) is 4.79 Å². The molecule has 0 spiro atoms. The van der Waals surface area contributed by atoms with E-state index in [0.29, 0.717) is 18.1 Å². The Morgan fingerprint density at radius 2 is 2.13 bits per heavy atom. The van der Waals surface area contributed by atoms with Crippen LogP contribution in [0.25, 0.3) is 6.08 Å². The summed E-state index contributed by atoms with van der Waals surface area (Å²) in [7, 11) is 1.51. The van der Waals surface area contributed by atoms with Gasteiger partial charge in [0.1, 0.15) is 0 Å². The van der Waals surface area contributed by atoms with E-state index >= 15 is 0 Å². The SMILES string of the molecule is COc1ccc(/C=C/C(=O)CC2CCc3ccccc32)cc1O. The highest BCUT2D eigenvalue weighted by atomic mass is 16.5. The van der Waals surface area contributed by atoms with Gasteiger partial charge in [-0.05, 0) is 53.7 Å². The lowest BCUT2D eigenvalue weighted by atomic mass is 9.95. The van der Waals surface area contributed by atoms with Crippen molar-refractivity contribution in [3.63, 3.8) is 0 Å². The van der Waals surface area contributed by atoms with Crippen LogP contribution in [0, 0.1) is 0 Å². The number of phenols is 1. The molecular formula is C20H20O3. The fourth-order valence-electron chi connectivity index (χ4n) is 3.17. The first-order valence-electron chi connectivity index (χ1n) is 7.83. The number of phenolic OH excluding ortho intramolecular Hbond substituents is 1. The molecule has 1 aliphatic carbocycles. The van der Waals surface area contributed by atoms with Crippen LogP contribution in [0.4, 0.5) is 0 Å². The van der Waals surface area contributed by atoms with E-state index in [9.17, 15) is 9.90 Å². The second-order valence-electron chi connectivity index (χ2n) is 5.87. The Hall–Kier alpha value is -2.55. The lowest BCUT2D eigenvalue weighted by Gasteiger charge is -2.08. The van der Waals surface area contributed by atoms with E-state index in [1.807, 2.05) is 12.1 Å². The molecule has 2 aromatic rings. The summed E-state index contributed by atoms with van der Waals surface area (Å²) in [6.45, 7) is 0. The standard InChI is InChI=1S/C20H20O3/c1-23-20-11-7-14(12-19(20)22)6-10-17(21)13-16-9-8-15-4-2-3-5-18(15)16/h2-7,10-12,16,22H,8-9,13H2,1H3/b10-6+. The van der Waals surface area contributed by atoms with Crippen molar-refractivity contribution in [2.75, 3.05) is 7.11 Å². The van der Waals surface area contributed by atoms with E-state index in [4.69, 9.17) is 4.74 Å². The molecule has 0 aliphatic heterocycles. The maximum atomic E-state index is 12.2. The summed E-state index contributed by atoms with van der Waals surface area (Å²) in [5.41, 5.74) is 3.47. The first kappa shape index (κ1) is 15.3. The number of hydrogen-bond acceptors (Lipinski definition) is 3. The number of aromatic hydroxyl groups is 1. The van der Waals surface area contributed by atoms with Crippen LogP contribution >= 0.6 is 0 Å². The molecule has 23 heavy (non-hydrogen) atoms. The number of ketones is 1. The van der Waals surface area contributed by atoms with Crippen molar-refractivity contribution >= 4 is 11.9 Å². The number of carbonyl (C=O) groups excluding carboxylic acids is 1. The van der Waals surface area contributed by atoms with Crippen molar-refractivity contribution < 1.29 is 14.6 Å². The number of methoxy groups -OCH3 is 1. The molecule has 0 aromatic heterocycles. The highest BCUT2D eigenvalue weighted by molar-refractivity contribution is 5.94. The topological polar surface area (TPSA) is 46.5 Å². The summed E-state index contributed by atoms with van der Waals surface area (Å²) in [5, 5.41) is 9.75. The number of rotatable bonds is 5. The molecule has 0 bridgehead atoms. The molecule has 3 heteroatoms. The zero-order valence-corrected chi connectivity index (χ0v) is 13.2. The molecule has 1 aliphatic rings. The molecule has 0 amide bonds. The minimum Gasteiger partial charge on any atom is -0.504 e. The van der Waals surface area contributed by atoms with Crippen LogP contribution < -0.4 is 4.74 Å². The number of benzene rings is 2. The van der Waals surface area contributed by atoms with Gasteiger partial charge in [0.2, 0.25) is 0 Å². The Morgan fingerprint density at radius 1 is 1.30 bits per heavy atom. The lowest BCUT2D eigenvalue weighted by molar-refractivity contribution is -0.114. The maximum Gasteiger partial charge on any atom is 0.160 e. The Morgan fingerprint density at radius 3 is 2.91 bits per heavy atom. The Bertz CT molecular complexity index is 746. The quantitative estimate of drug-likeness (QED) is 0.846. The fourth-order valence-corrected chi connectivity index (χ4v) is 3.17. The Kier molecular flexibility index (Phi) is 4.47. The largest absolute Gasteiger partial charge is 0.504 e. The van der Waals surface area contributed by atoms with Gasteiger partial charge in [0.15, 0.2) is 17.3 Å². The zero-order valence-electron chi connectivity index (χ0n) is 13.2. The molecule has 1 atom stereocenters. The van der Waals surface area contributed by atoms with Crippen LogP contribution in [0.15, 0.2) is 48.5 Å². The van der Waals surface area contributed by atoms with Gasteiger partial charge in [-0.1, -0.05) is 36.4 Å². The Balaban J connectivity index is 1.65. The number of allylic oxidation sites excluding steroid dienone is 1. The number of ether oxygens (including phenoxy) is 1. The number of hydrogen-bond donors (Lipinski definition) is 1. The van der Waals surface area contributed by atoms with Gasteiger partial charge in [0.25, 0.3) is 0 Å². The molecular weight excluding hydrogens is 288 g/mol. The van der Waals surface area contributed by atoms with Crippen molar-refractivity contribution in [3.8, 4) is 11.5 Å². The molecule has 3 nitrogen and oxygen atoms in total. The number of aryl methyl sites for hydroxylation is 1. The summed E-state index contributed by atoms with van der Waals surface area (Å²) in [4.78, 5) is 12.2. The predicted octanol–water partition coefficient (Wildman–Crippen LogP) is 4.10. The second-order valence-corrected chi connectivity index (χ2v) is 5.87. The molecule has 0 heterocycles. The molecule has 1 N–H and O–H groups in total. The molecule has 1 unspecified atom stereocenters. The minimum absolute atomic E-state index is 0.0758. The summed E-state index contributed by atoms with van der Waals surface area (Å²) < 4.78 is 5.01. The first-order valence-corrected chi connectivity index (χ1v) is 7.83. The van der Waals surface area contributed by atoms with Crippen LogP contribution in [-0.2, 0) is 11.2 Å². The number of fused-ring (bicyclic) bond motifs is 1. The van der Waals surface area contributed by atoms with Crippen molar-refractivity contribution in [1.29, 1.82) is 0 Å². The van der Waals surface area contributed by atoms with Gasteiger partial charge in [-0.25, -0.2) is 0 Å². The van der Waals surface area contributed by atoms with Gasteiger partial charge in [-0.2, -0.15) is 0 Å². The van der Waals surface area contributed by atoms with Crippen molar-refractivity contribution in [3.05, 3.63) is 65.2 Å². The second kappa shape index (κ2) is 6.69. The first-order chi connectivity index (χ1) is 11.2. The number of carbonyl (C=O) groups is 1. The van der Waals surface area contributed by atoms with E-state index in [2.05, 4.69) is 18.2 Å². The summed E-state index contributed by atoms with van der Waals surface area (Å²) in [6.07, 6.45) is 5.98. The third kappa shape index (κ3) is 3.45. The van der Waals surface area contributed by atoms with Gasteiger partial charge in [0.05, 0.1) is 7.11 Å². The van der Waals surface area contributed by atoms with E-state index in [1.165, 1.54) is 18.2 Å². The lowest BCUT2D eigenvalue weighted by Crippen LogP contribution is -2.01. The van der Waals surface area contributed by atoms with Gasteiger partial charge < -0.3 is 9.84 Å². The smallest absolute Gasteiger partial charge is 0.160 e. The molecule has 0 radical (unpaired) electrons. The summed E-state index contributed by atoms with van der Waals surface area (Å²) in [5.74, 6) is 0.942. The maximum absolute atomic E-state index is 12.2. The van der Waals surface area contributed by atoms with Crippen LogP contribution in [0.3, 0.4) is 0 Å². The Labute approximate surface area is 136 Å². The van der Waals surface area contributed by atoms with Crippen LogP contribution in [0.1, 0.15) is 35.4 Å². The van der Waals surface area contributed by atoms with Crippen LogP contribution in [0.5, 0.6) is 11.5 Å². The van der Waals surface area contributed by atoms with E-state index in [-0.39, 0.29) is 11.5 Å². The van der Waals surface area contributed by atoms with E-state index < -0.39 is 0 Å². The van der Waals surface area contributed by atoms with Crippen LogP contribution in [-0.4, -0.2) is 18.0 Å². The molecule has 0 fully saturated rings.